The van der Waals surface area contributed by atoms with Crippen LogP contribution in [0.5, 0.6) is 0 Å². The average Bonchev–Trinajstić information content (AvgIpc) is 3.18. The zero-order chi connectivity index (χ0) is 38.8. The molecule has 0 fully saturated rings. The maximum atomic E-state index is 13.0. The highest BCUT2D eigenvalue weighted by Gasteiger charge is 2.33. The molecule has 0 aromatic heterocycles. The second-order valence-corrected chi connectivity index (χ2v) is 14.8. The van der Waals surface area contributed by atoms with Crippen molar-refractivity contribution in [2.75, 3.05) is 65.9 Å². The highest BCUT2D eigenvalue weighted by Crippen LogP contribution is 2.32. The topological polar surface area (TPSA) is 81.2 Å². The van der Waals surface area contributed by atoms with Crippen LogP contribution in [0.25, 0.3) is 21.5 Å². The van der Waals surface area contributed by atoms with Crippen molar-refractivity contribution < 1.29 is 19.2 Å². The van der Waals surface area contributed by atoms with Gasteiger partial charge < -0.3 is 9.80 Å². The van der Waals surface area contributed by atoms with Crippen LogP contribution in [0.15, 0.2) is 72.8 Å². The van der Waals surface area contributed by atoms with Crippen LogP contribution in [0.4, 0.5) is 0 Å². The van der Waals surface area contributed by atoms with Gasteiger partial charge in [0.1, 0.15) is 0 Å². The number of amides is 4. The first-order valence-corrected chi connectivity index (χ1v) is 20.9. The van der Waals surface area contributed by atoms with Crippen LogP contribution in [0.3, 0.4) is 0 Å². The van der Waals surface area contributed by atoms with Gasteiger partial charge in [-0.1, -0.05) is 112 Å². The lowest BCUT2D eigenvalue weighted by Crippen LogP contribution is -2.41. The summed E-state index contributed by atoms with van der Waals surface area (Å²) in [5.41, 5.74) is 2.33. The molecule has 0 N–H and O–H groups in total. The van der Waals surface area contributed by atoms with Gasteiger partial charge in [0.2, 0.25) is 0 Å². The molecule has 282 valence electrons. The lowest BCUT2D eigenvalue weighted by molar-refractivity contribution is 0.0595. The van der Waals surface area contributed by atoms with Gasteiger partial charge in [-0.05, 0) is 89.2 Å². The monoisotopic (exact) mass is 746 g/mol. The fourth-order valence-corrected chi connectivity index (χ4v) is 7.39. The van der Waals surface area contributed by atoms with Gasteiger partial charge in [-0.25, -0.2) is 0 Å². The molecule has 4 amide bonds. The van der Waals surface area contributed by atoms with Gasteiger partial charge in [0.05, 0.1) is 0 Å². The Morgan fingerprint density at radius 1 is 0.481 bits per heavy atom. The van der Waals surface area contributed by atoms with Crippen molar-refractivity contribution in [3.05, 3.63) is 95.1 Å². The summed E-state index contributed by atoms with van der Waals surface area (Å²) in [7, 11) is 11.6. The van der Waals surface area contributed by atoms with E-state index >= 15 is 0 Å². The van der Waals surface area contributed by atoms with Crippen molar-refractivity contribution in [3.63, 3.8) is 0 Å². The number of hydrogen-bond acceptors (Lipinski definition) is 8. The summed E-state index contributed by atoms with van der Waals surface area (Å²) in [5, 5.41) is 3.30. The third kappa shape index (κ3) is 11.4. The normalized spacial score (nSPS) is 12.8. The minimum Gasteiger partial charge on any atom is -0.310 e. The summed E-state index contributed by atoms with van der Waals surface area (Å²) >= 11 is 0. The van der Waals surface area contributed by atoms with Gasteiger partial charge in [-0.2, -0.15) is 0 Å². The maximum Gasteiger partial charge on any atom is 0.261 e. The van der Waals surface area contributed by atoms with E-state index in [4.69, 9.17) is 0 Å². The zero-order valence-corrected chi connectivity index (χ0v) is 34.5. The number of imide groups is 2. The lowest BCUT2D eigenvalue weighted by Gasteiger charge is -2.27. The van der Waals surface area contributed by atoms with Crippen LogP contribution in [0.2, 0.25) is 0 Å². The molecule has 4 aromatic carbocycles. The number of carbonyl (C=O) groups excluding carboxylic acids is 4. The predicted octanol–water partition coefficient (Wildman–Crippen LogP) is 9.24. The minimum atomic E-state index is -0.231. The Balaban J connectivity index is 0.000000580. The molecule has 0 saturated carbocycles. The van der Waals surface area contributed by atoms with E-state index in [0.29, 0.717) is 48.2 Å². The minimum absolute atomic E-state index is 0.231. The van der Waals surface area contributed by atoms with Crippen LogP contribution in [0, 0.1) is 0 Å². The number of hydrogen-bond donors (Lipinski definition) is 0. The van der Waals surface area contributed by atoms with Crippen molar-refractivity contribution in [1.82, 2.24) is 19.6 Å². The smallest absolute Gasteiger partial charge is 0.261 e. The molecule has 0 spiro atoms. The third-order valence-electron chi connectivity index (χ3n) is 8.28. The summed E-state index contributed by atoms with van der Waals surface area (Å²) in [4.78, 5) is 58.9. The second kappa shape index (κ2) is 23.1. The van der Waals surface area contributed by atoms with E-state index in [0.717, 1.165) is 46.1 Å². The van der Waals surface area contributed by atoms with Gasteiger partial charge >= 0.3 is 0 Å². The second-order valence-electron chi connectivity index (χ2n) is 12.1. The Morgan fingerprint density at radius 2 is 0.731 bits per heavy atom. The van der Waals surface area contributed by atoms with E-state index in [2.05, 4.69) is 51.8 Å². The van der Waals surface area contributed by atoms with Gasteiger partial charge in [0.25, 0.3) is 23.6 Å². The molecule has 2 aliphatic rings. The Kier molecular flexibility index (Phi) is 19.7. The van der Waals surface area contributed by atoms with Crippen molar-refractivity contribution in [1.29, 1.82) is 0 Å². The summed E-state index contributed by atoms with van der Waals surface area (Å²) in [5.74, 6) is 0.639. The SMILES string of the molecule is CC.CC.CCN(C)C.CCN(C)C.O=C1c2cccc3cccc(c23)C(=O)N1CCCSSCCCN1C(=O)c2cccc3cccc(c23)C1=O. The van der Waals surface area contributed by atoms with Gasteiger partial charge in [-0.3, -0.25) is 29.0 Å². The van der Waals surface area contributed by atoms with E-state index in [1.165, 1.54) is 9.80 Å². The summed E-state index contributed by atoms with van der Waals surface area (Å²) in [6.45, 7) is 15.3. The molecule has 2 aliphatic heterocycles. The first-order chi connectivity index (χ1) is 25.1. The van der Waals surface area contributed by atoms with E-state index in [9.17, 15) is 19.2 Å². The first-order valence-electron chi connectivity index (χ1n) is 18.4. The molecule has 0 unspecified atom stereocenters. The Bertz CT molecular complexity index is 1550. The number of nitrogens with zero attached hydrogens (tertiary/aromatic N) is 4. The number of benzene rings is 4. The van der Waals surface area contributed by atoms with E-state index in [-0.39, 0.29) is 23.6 Å². The zero-order valence-electron chi connectivity index (χ0n) is 32.8. The van der Waals surface area contributed by atoms with E-state index in [1.54, 1.807) is 45.9 Å². The van der Waals surface area contributed by atoms with Crippen molar-refractivity contribution in [2.24, 2.45) is 0 Å². The van der Waals surface area contributed by atoms with Crippen LogP contribution < -0.4 is 0 Å². The largest absolute Gasteiger partial charge is 0.310 e. The fraction of sp³-hybridized carbons (Fsp3) is 0.429. The lowest BCUT2D eigenvalue weighted by atomic mass is 9.94. The molecule has 6 rings (SSSR count). The number of carbonyl (C=O) groups is 4. The predicted molar refractivity (Wildman–Crippen MR) is 224 cm³/mol. The standard InChI is InChI=1S/C30H24N2O4S2.2C4H11N.2C2H6/c33-27-21-11-1-7-19-8-2-12-22(25(19)21)28(34)31(27)15-5-17-37-38-18-6-16-32-29(35)23-13-3-9-20-10-4-14-24(26(20)23)30(32)36;2*1-4-5(2)3;2*1-2/h1-4,7-14H,5-6,15-18H2;2*4H2,1-3H3;2*1-2H3. The Hall–Kier alpha value is -3.70. The molecule has 10 heteroatoms. The van der Waals surface area contributed by atoms with E-state index in [1.807, 2.05) is 76.2 Å². The molecule has 0 aliphatic carbocycles. The highest BCUT2D eigenvalue weighted by molar-refractivity contribution is 8.76. The molecule has 0 bridgehead atoms. The quantitative estimate of drug-likeness (QED) is 0.0854. The van der Waals surface area contributed by atoms with Crippen LogP contribution in [0.1, 0.15) is 95.8 Å². The third-order valence-corrected chi connectivity index (χ3v) is 10.9. The molecule has 0 radical (unpaired) electrons. The van der Waals surface area contributed by atoms with Crippen LogP contribution >= 0.6 is 21.6 Å². The van der Waals surface area contributed by atoms with Gasteiger partial charge in [-0.15, -0.1) is 0 Å². The van der Waals surface area contributed by atoms with Crippen molar-refractivity contribution in [3.8, 4) is 0 Å². The summed E-state index contributed by atoms with van der Waals surface area (Å²) in [6.07, 6.45) is 1.38. The highest BCUT2D eigenvalue weighted by atomic mass is 33.1. The first kappa shape index (κ1) is 44.5. The van der Waals surface area contributed by atoms with Crippen LogP contribution in [-0.2, 0) is 0 Å². The Labute approximate surface area is 319 Å². The van der Waals surface area contributed by atoms with Crippen molar-refractivity contribution in [2.45, 2.75) is 54.4 Å². The molecule has 4 aromatic rings. The summed E-state index contributed by atoms with van der Waals surface area (Å²) < 4.78 is 0. The molecule has 0 saturated heterocycles. The molecular formula is C42H58N4O4S2. The number of rotatable bonds is 11. The van der Waals surface area contributed by atoms with Crippen molar-refractivity contribution >= 4 is 66.8 Å². The van der Waals surface area contributed by atoms with E-state index < -0.39 is 0 Å². The van der Waals surface area contributed by atoms with Gasteiger partial charge in [0, 0.05) is 57.6 Å². The van der Waals surface area contributed by atoms with Crippen LogP contribution in [-0.4, -0.2) is 109 Å². The molecular weight excluding hydrogens is 689 g/mol. The summed E-state index contributed by atoms with van der Waals surface area (Å²) in [6, 6.07) is 22.2. The maximum absolute atomic E-state index is 13.0. The molecule has 8 nitrogen and oxygen atoms in total. The Morgan fingerprint density at radius 3 is 0.962 bits per heavy atom. The fourth-order valence-electron chi connectivity index (χ4n) is 5.25. The molecule has 2 heterocycles. The molecule has 52 heavy (non-hydrogen) atoms. The molecule has 0 atom stereocenters. The average molecular weight is 747 g/mol. The van der Waals surface area contributed by atoms with Gasteiger partial charge in [0.15, 0.2) is 0 Å².